The Balaban J connectivity index is 1.26. The van der Waals surface area contributed by atoms with Crippen LogP contribution in [0, 0.1) is 17.6 Å². The van der Waals surface area contributed by atoms with Crippen LogP contribution in [-0.4, -0.2) is 57.9 Å². The second-order valence-electron chi connectivity index (χ2n) is 7.65. The van der Waals surface area contributed by atoms with Gasteiger partial charge in [0, 0.05) is 49.8 Å². The van der Waals surface area contributed by atoms with E-state index < -0.39 is 0 Å². The van der Waals surface area contributed by atoms with Gasteiger partial charge in [0.15, 0.2) is 0 Å². The zero-order valence-corrected chi connectivity index (χ0v) is 18.9. The standard InChI is InChI=1S/C23H24FN4O4S/c1-16-21(25-23(32-16)19-4-2-3-5-20(19)24)14-33-15-22(29)27-12-10-26(11-13-27)17-6-8-18(9-7-17)28(30)31/h2-9H,10-15H2,1H3,(H,30,31)/q+1. The predicted molar refractivity (Wildman–Crippen MR) is 123 cm³/mol. The first-order chi connectivity index (χ1) is 15.9. The first-order valence-electron chi connectivity index (χ1n) is 10.5. The highest BCUT2D eigenvalue weighted by Crippen LogP contribution is 2.26. The summed E-state index contributed by atoms with van der Waals surface area (Å²) in [4.78, 5) is 31.8. The van der Waals surface area contributed by atoms with E-state index in [0.29, 0.717) is 54.7 Å². The second kappa shape index (κ2) is 10.0. The molecular formula is C23H24FN4O4S+. The second-order valence-corrected chi connectivity index (χ2v) is 8.64. The van der Waals surface area contributed by atoms with Crippen LogP contribution >= 0.6 is 11.8 Å². The number of thioether (sulfide) groups is 1. The van der Waals surface area contributed by atoms with Crippen molar-refractivity contribution < 1.29 is 23.7 Å². The Morgan fingerprint density at radius 1 is 1.15 bits per heavy atom. The Morgan fingerprint density at radius 2 is 1.85 bits per heavy atom. The largest absolute Gasteiger partial charge is 0.441 e. The normalized spacial score (nSPS) is 13.9. The summed E-state index contributed by atoms with van der Waals surface area (Å²) in [5, 5.41) is 8.94. The molecule has 1 amide bonds. The number of carbonyl (C=O) groups is 1. The molecule has 0 bridgehead atoms. The highest BCUT2D eigenvalue weighted by atomic mass is 32.2. The van der Waals surface area contributed by atoms with Crippen molar-refractivity contribution in [2.75, 3.05) is 36.8 Å². The summed E-state index contributed by atoms with van der Waals surface area (Å²) in [6, 6.07) is 13.0. The van der Waals surface area contributed by atoms with E-state index in [1.54, 1.807) is 49.4 Å². The molecule has 0 radical (unpaired) electrons. The molecule has 1 fully saturated rings. The predicted octanol–water partition coefficient (Wildman–Crippen LogP) is 4.17. The topological polar surface area (TPSA) is 89.9 Å². The third-order valence-corrected chi connectivity index (χ3v) is 6.46. The molecule has 1 saturated heterocycles. The van der Waals surface area contributed by atoms with Gasteiger partial charge >= 0.3 is 5.69 Å². The van der Waals surface area contributed by atoms with E-state index in [2.05, 4.69) is 9.88 Å². The van der Waals surface area contributed by atoms with Crippen LogP contribution in [0.3, 0.4) is 0 Å². The van der Waals surface area contributed by atoms with Crippen LogP contribution < -0.4 is 4.90 Å². The SMILES string of the molecule is Cc1oc(-c2ccccc2F)nc1CSCC(=O)N1CCN(c2ccc([N+](=O)O)cc2)CC1. The smallest absolute Gasteiger partial charge is 0.316 e. The maximum atomic E-state index is 14.0. The lowest BCUT2D eigenvalue weighted by molar-refractivity contribution is -0.729. The average Bonchev–Trinajstić information content (AvgIpc) is 3.19. The van der Waals surface area contributed by atoms with E-state index in [4.69, 9.17) is 9.62 Å². The molecular weight excluding hydrogens is 447 g/mol. The Morgan fingerprint density at radius 3 is 2.52 bits per heavy atom. The molecule has 0 saturated carbocycles. The van der Waals surface area contributed by atoms with Gasteiger partial charge in [0.2, 0.25) is 11.8 Å². The van der Waals surface area contributed by atoms with Gasteiger partial charge in [0.05, 0.1) is 21.9 Å². The van der Waals surface area contributed by atoms with Gasteiger partial charge < -0.3 is 14.2 Å². The number of carbonyl (C=O) groups excluding carboxylic acids is 1. The molecule has 3 aromatic rings. The fourth-order valence-electron chi connectivity index (χ4n) is 3.64. The molecule has 4 rings (SSSR count). The molecule has 0 aliphatic carbocycles. The Hall–Kier alpha value is -3.40. The first kappa shape index (κ1) is 22.8. The van der Waals surface area contributed by atoms with Crippen LogP contribution in [0.5, 0.6) is 0 Å². The number of halogens is 1. The Kier molecular flexibility index (Phi) is 6.93. The van der Waals surface area contributed by atoms with Crippen LogP contribution in [0.1, 0.15) is 11.5 Å². The molecule has 2 aromatic carbocycles. The molecule has 1 N–H and O–H groups in total. The first-order valence-corrected chi connectivity index (χ1v) is 11.7. The third kappa shape index (κ3) is 5.33. The minimum Gasteiger partial charge on any atom is -0.441 e. The van der Waals surface area contributed by atoms with E-state index in [-0.39, 0.29) is 28.2 Å². The van der Waals surface area contributed by atoms with Crippen LogP contribution in [0.4, 0.5) is 15.8 Å². The molecule has 1 aliphatic rings. The summed E-state index contributed by atoms with van der Waals surface area (Å²) in [6.07, 6.45) is 0. The summed E-state index contributed by atoms with van der Waals surface area (Å²) >= 11 is 1.46. The van der Waals surface area contributed by atoms with Gasteiger partial charge in [-0.05, 0) is 31.2 Å². The zero-order valence-electron chi connectivity index (χ0n) is 18.1. The van der Waals surface area contributed by atoms with Gasteiger partial charge in [-0.3, -0.25) is 4.79 Å². The van der Waals surface area contributed by atoms with E-state index in [9.17, 15) is 14.1 Å². The van der Waals surface area contributed by atoms with Crippen molar-refractivity contribution in [2.45, 2.75) is 12.7 Å². The van der Waals surface area contributed by atoms with E-state index >= 15 is 0 Å². The molecule has 8 nitrogen and oxygen atoms in total. The fraction of sp³-hybridized carbons (Fsp3) is 0.304. The zero-order chi connectivity index (χ0) is 23.4. The van der Waals surface area contributed by atoms with Crippen LogP contribution in [-0.2, 0) is 10.5 Å². The van der Waals surface area contributed by atoms with E-state index in [1.807, 2.05) is 4.90 Å². The molecule has 1 aromatic heterocycles. The fourth-order valence-corrected chi connectivity index (χ4v) is 4.56. The monoisotopic (exact) mass is 471 g/mol. The molecule has 2 heterocycles. The van der Waals surface area contributed by atoms with Gasteiger partial charge in [0.25, 0.3) is 4.92 Å². The third-order valence-electron chi connectivity index (χ3n) is 5.53. The maximum absolute atomic E-state index is 14.0. The van der Waals surface area contributed by atoms with E-state index in [0.717, 1.165) is 5.69 Å². The van der Waals surface area contributed by atoms with Crippen molar-refractivity contribution in [3.63, 3.8) is 0 Å². The Labute approximate surface area is 194 Å². The number of piperazine rings is 1. The number of anilines is 1. The number of hydrogen-bond donors (Lipinski definition) is 1. The molecule has 0 unspecified atom stereocenters. The number of hydrogen-bond acceptors (Lipinski definition) is 6. The average molecular weight is 472 g/mol. The van der Waals surface area contributed by atoms with Gasteiger partial charge in [0.1, 0.15) is 11.6 Å². The lowest BCUT2D eigenvalue weighted by Crippen LogP contribution is -2.49. The van der Waals surface area contributed by atoms with Crippen molar-refractivity contribution in [1.82, 2.24) is 9.88 Å². The minimum atomic E-state index is -0.385. The quantitative estimate of drug-likeness (QED) is 0.517. The summed E-state index contributed by atoms with van der Waals surface area (Å²) in [5.74, 6) is 1.37. The lowest BCUT2D eigenvalue weighted by Gasteiger charge is -2.36. The van der Waals surface area contributed by atoms with Crippen LogP contribution in [0.2, 0.25) is 0 Å². The highest BCUT2D eigenvalue weighted by molar-refractivity contribution is 7.99. The molecule has 1 aliphatic heterocycles. The molecule has 0 spiro atoms. The number of aryl methyl sites for hydroxylation is 1. The van der Waals surface area contributed by atoms with Gasteiger partial charge in [-0.25, -0.2) is 14.6 Å². The summed E-state index contributed by atoms with van der Waals surface area (Å²) in [6.45, 7) is 4.37. The van der Waals surface area contributed by atoms with Crippen molar-refractivity contribution in [1.29, 1.82) is 0 Å². The van der Waals surface area contributed by atoms with Gasteiger partial charge in [-0.1, -0.05) is 12.1 Å². The van der Waals surface area contributed by atoms with Crippen LogP contribution in [0.15, 0.2) is 52.9 Å². The number of aromatic nitrogens is 1. The van der Waals surface area contributed by atoms with Crippen molar-refractivity contribution in [3.8, 4) is 11.5 Å². The summed E-state index contributed by atoms with van der Waals surface area (Å²) in [5.41, 5.74) is 2.14. The van der Waals surface area contributed by atoms with Gasteiger partial charge in [-0.15, -0.1) is 11.8 Å². The van der Waals surface area contributed by atoms with Crippen molar-refractivity contribution in [3.05, 3.63) is 70.7 Å². The highest BCUT2D eigenvalue weighted by Gasteiger charge is 2.22. The lowest BCUT2D eigenvalue weighted by atomic mass is 10.2. The Bertz CT molecular complexity index is 1140. The number of benzene rings is 2. The summed E-state index contributed by atoms with van der Waals surface area (Å²) in [7, 11) is 0. The minimum absolute atomic E-state index is 0.0627. The maximum Gasteiger partial charge on any atom is 0.316 e. The number of rotatable bonds is 7. The number of nitrogens with zero attached hydrogens (tertiary/aromatic N) is 4. The number of oxazole rings is 1. The number of amides is 1. The molecule has 0 atom stereocenters. The molecule has 172 valence electrons. The molecule has 10 heteroatoms. The van der Waals surface area contributed by atoms with Crippen LogP contribution in [0.25, 0.3) is 11.5 Å². The van der Waals surface area contributed by atoms with Crippen molar-refractivity contribution in [2.24, 2.45) is 0 Å². The van der Waals surface area contributed by atoms with Crippen molar-refractivity contribution >= 4 is 29.0 Å². The summed E-state index contributed by atoms with van der Waals surface area (Å²) < 4.78 is 19.6. The van der Waals surface area contributed by atoms with Gasteiger partial charge in [-0.2, -0.15) is 0 Å². The van der Waals surface area contributed by atoms with E-state index in [1.165, 1.54) is 17.8 Å². The molecule has 33 heavy (non-hydrogen) atoms.